The summed E-state index contributed by atoms with van der Waals surface area (Å²) in [6, 6.07) is 15.9. The summed E-state index contributed by atoms with van der Waals surface area (Å²) in [5.74, 6) is 0. The highest BCUT2D eigenvalue weighted by Gasteiger charge is 2.05. The van der Waals surface area contributed by atoms with Gasteiger partial charge in [0, 0.05) is 16.6 Å². The molecule has 0 aliphatic carbocycles. The normalized spacial score (nSPS) is 10.9. The molecule has 84 valence electrons. The second kappa shape index (κ2) is 4.10. The van der Waals surface area contributed by atoms with Crippen LogP contribution >= 0.6 is 23.2 Å². The molecule has 3 heteroatoms. The van der Waals surface area contributed by atoms with E-state index in [1.54, 1.807) is 0 Å². The first-order valence-corrected chi connectivity index (χ1v) is 6.03. The fraction of sp³-hybridized carbons (Fsp3) is 0. The molecule has 0 unspecified atom stereocenters. The van der Waals surface area contributed by atoms with Gasteiger partial charge in [-0.25, -0.2) is 0 Å². The fourth-order valence-corrected chi connectivity index (χ4v) is 2.19. The third kappa shape index (κ3) is 1.92. The summed E-state index contributed by atoms with van der Waals surface area (Å²) < 4.78 is 0. The molecule has 1 aromatic heterocycles. The summed E-state index contributed by atoms with van der Waals surface area (Å²) in [6.45, 7) is 0. The number of rotatable bonds is 1. The van der Waals surface area contributed by atoms with Crippen molar-refractivity contribution in [2.75, 3.05) is 0 Å². The van der Waals surface area contributed by atoms with Crippen molar-refractivity contribution in [3.8, 4) is 11.3 Å². The number of fused-ring (bicyclic) bond motifs is 1. The Morgan fingerprint density at radius 1 is 0.824 bits per heavy atom. The van der Waals surface area contributed by atoms with E-state index in [0.29, 0.717) is 10.0 Å². The van der Waals surface area contributed by atoms with Gasteiger partial charge in [0.2, 0.25) is 0 Å². The van der Waals surface area contributed by atoms with Crippen LogP contribution in [-0.2, 0) is 0 Å². The van der Waals surface area contributed by atoms with Crippen molar-refractivity contribution in [1.29, 1.82) is 0 Å². The van der Waals surface area contributed by atoms with Crippen LogP contribution in [-0.4, -0.2) is 4.98 Å². The highest BCUT2D eigenvalue weighted by atomic mass is 35.5. The van der Waals surface area contributed by atoms with Crippen molar-refractivity contribution in [2.24, 2.45) is 0 Å². The number of aromatic amines is 1. The van der Waals surface area contributed by atoms with Gasteiger partial charge in [-0.3, -0.25) is 0 Å². The topological polar surface area (TPSA) is 15.8 Å². The zero-order valence-corrected chi connectivity index (χ0v) is 10.4. The van der Waals surface area contributed by atoms with E-state index in [1.165, 1.54) is 5.39 Å². The number of benzene rings is 2. The summed E-state index contributed by atoms with van der Waals surface area (Å²) in [7, 11) is 0. The van der Waals surface area contributed by atoms with E-state index in [9.17, 15) is 0 Å². The number of aromatic nitrogens is 1. The average molecular weight is 262 g/mol. The predicted molar refractivity (Wildman–Crippen MR) is 73.8 cm³/mol. The lowest BCUT2D eigenvalue weighted by molar-refractivity contribution is 1.45. The molecule has 0 bridgehead atoms. The van der Waals surface area contributed by atoms with Crippen molar-refractivity contribution in [3.63, 3.8) is 0 Å². The summed E-state index contributed by atoms with van der Waals surface area (Å²) in [5.41, 5.74) is 3.20. The van der Waals surface area contributed by atoms with E-state index in [0.717, 1.165) is 16.8 Å². The summed E-state index contributed by atoms with van der Waals surface area (Å²) in [5, 5.41) is 2.34. The van der Waals surface area contributed by atoms with E-state index in [4.69, 9.17) is 23.2 Å². The van der Waals surface area contributed by atoms with Gasteiger partial charge in [0.05, 0.1) is 10.0 Å². The number of para-hydroxylation sites is 1. The van der Waals surface area contributed by atoms with Crippen LogP contribution in [0.1, 0.15) is 0 Å². The van der Waals surface area contributed by atoms with Gasteiger partial charge in [-0.15, -0.1) is 0 Å². The Labute approximate surface area is 109 Å². The summed E-state index contributed by atoms with van der Waals surface area (Å²) in [4.78, 5) is 3.36. The second-order valence-electron chi connectivity index (χ2n) is 3.90. The number of H-pyrrole nitrogens is 1. The van der Waals surface area contributed by atoms with Crippen LogP contribution in [0.25, 0.3) is 22.2 Å². The number of nitrogens with one attached hydrogen (secondary N) is 1. The van der Waals surface area contributed by atoms with E-state index >= 15 is 0 Å². The van der Waals surface area contributed by atoms with Crippen molar-refractivity contribution in [1.82, 2.24) is 4.98 Å². The fourth-order valence-electron chi connectivity index (χ4n) is 1.89. The molecule has 1 heterocycles. The lowest BCUT2D eigenvalue weighted by atomic mass is 10.1. The molecule has 0 saturated heterocycles. The quantitative estimate of drug-likeness (QED) is 0.624. The van der Waals surface area contributed by atoms with Crippen LogP contribution in [0.5, 0.6) is 0 Å². The van der Waals surface area contributed by atoms with E-state index in [1.807, 2.05) is 30.3 Å². The van der Waals surface area contributed by atoms with Crippen molar-refractivity contribution < 1.29 is 0 Å². The maximum absolute atomic E-state index is 6.02. The molecular weight excluding hydrogens is 253 g/mol. The van der Waals surface area contributed by atoms with Crippen LogP contribution in [0, 0.1) is 0 Å². The molecule has 2 aromatic carbocycles. The smallest absolute Gasteiger partial charge is 0.0599 e. The SMILES string of the molecule is Clc1ccc(-c2cc3ccccc3[nH]2)cc1Cl. The lowest BCUT2D eigenvalue weighted by Gasteiger charge is -2.00. The van der Waals surface area contributed by atoms with Crippen molar-refractivity contribution in [2.45, 2.75) is 0 Å². The zero-order valence-electron chi connectivity index (χ0n) is 8.87. The molecule has 1 nitrogen and oxygen atoms in total. The van der Waals surface area contributed by atoms with E-state index in [-0.39, 0.29) is 0 Å². The van der Waals surface area contributed by atoms with E-state index in [2.05, 4.69) is 23.2 Å². The molecule has 0 fully saturated rings. The van der Waals surface area contributed by atoms with Gasteiger partial charge in [-0.1, -0.05) is 47.5 Å². The number of halogens is 2. The Balaban J connectivity index is 2.17. The first-order valence-electron chi connectivity index (χ1n) is 5.27. The standard InChI is InChI=1S/C14H9Cl2N/c15-11-6-5-10(7-12(11)16)14-8-9-3-1-2-4-13(9)17-14/h1-8,17H. The molecule has 0 atom stereocenters. The van der Waals surface area contributed by atoms with Gasteiger partial charge in [0.15, 0.2) is 0 Å². The highest BCUT2D eigenvalue weighted by molar-refractivity contribution is 6.42. The molecule has 0 amide bonds. The molecule has 0 radical (unpaired) electrons. The maximum atomic E-state index is 6.02. The maximum Gasteiger partial charge on any atom is 0.0599 e. The second-order valence-corrected chi connectivity index (χ2v) is 4.71. The van der Waals surface area contributed by atoms with Crippen LogP contribution in [0.15, 0.2) is 48.5 Å². The molecule has 1 N–H and O–H groups in total. The predicted octanol–water partition coefficient (Wildman–Crippen LogP) is 5.14. The van der Waals surface area contributed by atoms with Crippen LogP contribution in [0.4, 0.5) is 0 Å². The Kier molecular flexibility index (Phi) is 2.58. The van der Waals surface area contributed by atoms with Crippen LogP contribution in [0.2, 0.25) is 10.0 Å². The average Bonchev–Trinajstić information content (AvgIpc) is 2.76. The Hall–Kier alpha value is -1.44. The molecule has 0 spiro atoms. The first-order chi connectivity index (χ1) is 8.24. The van der Waals surface area contributed by atoms with Gasteiger partial charge in [0.25, 0.3) is 0 Å². The summed E-state index contributed by atoms with van der Waals surface area (Å²) in [6.07, 6.45) is 0. The van der Waals surface area contributed by atoms with Crippen LogP contribution in [0.3, 0.4) is 0 Å². The van der Waals surface area contributed by atoms with Crippen molar-refractivity contribution in [3.05, 3.63) is 58.6 Å². The minimum absolute atomic E-state index is 0.572. The first kappa shape index (κ1) is 10.7. The monoisotopic (exact) mass is 261 g/mol. The highest BCUT2D eigenvalue weighted by Crippen LogP contribution is 2.29. The largest absolute Gasteiger partial charge is 0.355 e. The molecule has 0 saturated carbocycles. The molecular formula is C14H9Cl2N. The van der Waals surface area contributed by atoms with E-state index < -0.39 is 0 Å². The minimum Gasteiger partial charge on any atom is -0.355 e. The van der Waals surface area contributed by atoms with Crippen LogP contribution < -0.4 is 0 Å². The molecule has 17 heavy (non-hydrogen) atoms. The number of hydrogen-bond donors (Lipinski definition) is 1. The van der Waals surface area contributed by atoms with Gasteiger partial charge >= 0.3 is 0 Å². The minimum atomic E-state index is 0.572. The zero-order chi connectivity index (χ0) is 11.8. The molecule has 3 aromatic rings. The molecule has 0 aliphatic rings. The third-order valence-corrected chi connectivity index (χ3v) is 3.50. The molecule has 3 rings (SSSR count). The van der Waals surface area contributed by atoms with Gasteiger partial charge in [-0.2, -0.15) is 0 Å². The summed E-state index contributed by atoms with van der Waals surface area (Å²) >= 11 is 11.9. The van der Waals surface area contributed by atoms with Crippen molar-refractivity contribution >= 4 is 34.1 Å². The Morgan fingerprint density at radius 3 is 2.41 bits per heavy atom. The molecule has 0 aliphatic heterocycles. The lowest BCUT2D eigenvalue weighted by Crippen LogP contribution is -1.77. The van der Waals surface area contributed by atoms with Gasteiger partial charge in [0.1, 0.15) is 0 Å². The van der Waals surface area contributed by atoms with Gasteiger partial charge < -0.3 is 4.98 Å². The number of hydrogen-bond acceptors (Lipinski definition) is 0. The van der Waals surface area contributed by atoms with Gasteiger partial charge in [-0.05, 0) is 29.8 Å². The third-order valence-electron chi connectivity index (χ3n) is 2.76. The Bertz CT molecular complexity index is 653. The Morgan fingerprint density at radius 2 is 1.65 bits per heavy atom.